The van der Waals surface area contributed by atoms with Crippen LogP contribution in [-0.4, -0.2) is 57.4 Å². The average molecular weight is 367 g/mol. The highest BCUT2D eigenvalue weighted by Crippen LogP contribution is 2.26. The van der Waals surface area contributed by atoms with E-state index < -0.39 is 16.1 Å². The number of nitrogens with zero attached hydrogens (tertiary/aromatic N) is 1. The van der Waals surface area contributed by atoms with E-state index in [1.807, 2.05) is 25.1 Å². The number of urea groups is 1. The maximum atomic E-state index is 12.1. The van der Waals surface area contributed by atoms with Gasteiger partial charge in [0.15, 0.2) is 5.58 Å². The van der Waals surface area contributed by atoms with E-state index in [2.05, 4.69) is 10.6 Å². The zero-order valence-electron chi connectivity index (χ0n) is 14.1. The number of para-hydroxylation sites is 1. The molecule has 1 unspecified atom stereocenters. The van der Waals surface area contributed by atoms with Gasteiger partial charge < -0.3 is 19.8 Å². The summed E-state index contributed by atoms with van der Waals surface area (Å²) in [6.07, 6.45) is 0.789. The van der Waals surface area contributed by atoms with Crippen molar-refractivity contribution in [3.05, 3.63) is 30.0 Å². The second kappa shape index (κ2) is 7.03. The molecule has 3 rings (SSSR count). The Kier molecular flexibility index (Phi) is 4.98. The maximum Gasteiger partial charge on any atom is 0.319 e. The number of nitrogens with one attached hydrogen (secondary N) is 2. The van der Waals surface area contributed by atoms with Crippen LogP contribution in [0.2, 0.25) is 0 Å². The molecule has 1 aliphatic heterocycles. The number of rotatable bonds is 4. The number of fused-ring (bicyclic) bond motifs is 1. The van der Waals surface area contributed by atoms with Gasteiger partial charge in [-0.05, 0) is 19.1 Å². The molecule has 0 radical (unpaired) electrons. The fourth-order valence-electron chi connectivity index (χ4n) is 2.78. The lowest BCUT2D eigenvalue weighted by Crippen LogP contribution is -2.49. The molecule has 1 aromatic carbocycles. The minimum atomic E-state index is -3.26. The van der Waals surface area contributed by atoms with Crippen molar-refractivity contribution in [3.63, 3.8) is 0 Å². The third-order valence-electron chi connectivity index (χ3n) is 3.98. The highest BCUT2D eigenvalue weighted by atomic mass is 32.2. The van der Waals surface area contributed by atoms with E-state index in [0.29, 0.717) is 24.4 Å². The number of aryl methyl sites for hydroxylation is 1. The summed E-state index contributed by atoms with van der Waals surface area (Å²) in [6.45, 7) is 2.93. The number of amides is 2. The monoisotopic (exact) mass is 367 g/mol. The van der Waals surface area contributed by atoms with E-state index >= 15 is 0 Å². The van der Waals surface area contributed by atoms with Gasteiger partial charge in [-0.1, -0.05) is 12.1 Å². The number of sulfonamides is 1. The second-order valence-electron chi connectivity index (χ2n) is 6.03. The lowest BCUT2D eigenvalue weighted by atomic mass is 10.2. The van der Waals surface area contributed by atoms with Gasteiger partial charge in [0.1, 0.15) is 5.76 Å². The van der Waals surface area contributed by atoms with Crippen LogP contribution in [0.4, 0.5) is 10.5 Å². The Labute approximate surface area is 146 Å². The molecule has 1 atom stereocenters. The molecule has 1 aromatic heterocycles. The summed E-state index contributed by atoms with van der Waals surface area (Å²) >= 11 is 0. The van der Waals surface area contributed by atoms with Crippen molar-refractivity contribution >= 4 is 32.7 Å². The number of benzene rings is 1. The molecule has 2 amide bonds. The highest BCUT2D eigenvalue weighted by molar-refractivity contribution is 7.88. The van der Waals surface area contributed by atoms with Gasteiger partial charge in [0.25, 0.3) is 0 Å². The van der Waals surface area contributed by atoms with Crippen LogP contribution in [0, 0.1) is 6.92 Å². The number of furan rings is 1. The first-order valence-corrected chi connectivity index (χ1v) is 9.78. The van der Waals surface area contributed by atoms with E-state index in [4.69, 9.17) is 9.15 Å². The summed E-state index contributed by atoms with van der Waals surface area (Å²) in [7, 11) is -3.26. The van der Waals surface area contributed by atoms with E-state index in [-0.39, 0.29) is 19.2 Å². The molecule has 2 heterocycles. The van der Waals surface area contributed by atoms with Gasteiger partial charge in [0.05, 0.1) is 24.7 Å². The number of ether oxygens (including phenoxy) is 1. The summed E-state index contributed by atoms with van der Waals surface area (Å²) in [5, 5.41) is 6.37. The fourth-order valence-corrected chi connectivity index (χ4v) is 3.62. The third kappa shape index (κ3) is 4.30. The molecule has 1 saturated heterocycles. The molecule has 136 valence electrons. The number of carbonyl (C=O) groups is 1. The van der Waals surface area contributed by atoms with Crippen LogP contribution in [0.5, 0.6) is 0 Å². The summed E-state index contributed by atoms with van der Waals surface area (Å²) in [4.78, 5) is 12.1. The van der Waals surface area contributed by atoms with Gasteiger partial charge in [0.2, 0.25) is 10.0 Å². The molecular formula is C16H21N3O5S. The van der Waals surface area contributed by atoms with Crippen LogP contribution in [0.15, 0.2) is 28.7 Å². The molecule has 25 heavy (non-hydrogen) atoms. The summed E-state index contributed by atoms with van der Waals surface area (Å²) in [6, 6.07) is 6.99. The Hall–Kier alpha value is -2.10. The first-order chi connectivity index (χ1) is 11.8. The molecule has 0 spiro atoms. The van der Waals surface area contributed by atoms with E-state index in [1.165, 1.54) is 10.6 Å². The minimum absolute atomic E-state index is 0.213. The van der Waals surface area contributed by atoms with Gasteiger partial charge in [-0.15, -0.1) is 0 Å². The lowest BCUT2D eigenvalue weighted by Gasteiger charge is -2.31. The lowest BCUT2D eigenvalue weighted by molar-refractivity contribution is 0.00167. The molecule has 1 aliphatic rings. The number of morpholine rings is 1. The van der Waals surface area contributed by atoms with Crippen molar-refractivity contribution in [3.8, 4) is 0 Å². The Balaban J connectivity index is 1.57. The predicted octanol–water partition coefficient (Wildman–Crippen LogP) is 1.52. The first-order valence-electron chi connectivity index (χ1n) is 7.93. The molecule has 2 N–H and O–H groups in total. The molecule has 0 bridgehead atoms. The van der Waals surface area contributed by atoms with Crippen LogP contribution in [-0.2, 0) is 14.8 Å². The summed E-state index contributed by atoms with van der Waals surface area (Å²) in [5.74, 6) is 0.765. The topological polar surface area (TPSA) is 101 Å². The van der Waals surface area contributed by atoms with Gasteiger partial charge in [-0.25, -0.2) is 13.2 Å². The van der Waals surface area contributed by atoms with Crippen molar-refractivity contribution in [2.45, 2.75) is 13.0 Å². The smallest absolute Gasteiger partial charge is 0.319 e. The predicted molar refractivity (Wildman–Crippen MR) is 94.1 cm³/mol. The standard InChI is InChI=1S/C16H21N3O5S/c1-11-8-12-4-3-5-14(15(12)24-11)18-16(20)17-9-13-10-19(6-7-23-13)25(2,21)22/h3-5,8,13H,6-7,9-10H2,1-2H3,(H2,17,18,20). The highest BCUT2D eigenvalue weighted by Gasteiger charge is 2.26. The fraction of sp³-hybridized carbons (Fsp3) is 0.438. The average Bonchev–Trinajstić information content (AvgIpc) is 2.94. The molecule has 2 aromatic rings. The van der Waals surface area contributed by atoms with Crippen molar-refractivity contribution < 1.29 is 22.4 Å². The molecule has 9 heteroatoms. The third-order valence-corrected chi connectivity index (χ3v) is 5.25. The Bertz CT molecular complexity index is 877. The van der Waals surface area contributed by atoms with Crippen LogP contribution >= 0.6 is 0 Å². The Morgan fingerprint density at radius 1 is 1.40 bits per heavy atom. The van der Waals surface area contributed by atoms with Crippen LogP contribution in [0.25, 0.3) is 11.0 Å². The SMILES string of the molecule is Cc1cc2cccc(NC(=O)NCC3CN(S(C)(=O)=O)CCO3)c2o1. The van der Waals surface area contributed by atoms with Crippen LogP contribution < -0.4 is 10.6 Å². The maximum absolute atomic E-state index is 12.1. The molecule has 1 fully saturated rings. The largest absolute Gasteiger partial charge is 0.459 e. The minimum Gasteiger partial charge on any atom is -0.459 e. The Morgan fingerprint density at radius 3 is 2.96 bits per heavy atom. The van der Waals surface area contributed by atoms with Crippen LogP contribution in [0.3, 0.4) is 0 Å². The zero-order chi connectivity index (χ0) is 18.0. The van der Waals surface area contributed by atoms with E-state index in [9.17, 15) is 13.2 Å². The quantitative estimate of drug-likeness (QED) is 0.853. The van der Waals surface area contributed by atoms with Gasteiger partial charge in [0, 0.05) is 25.0 Å². The van der Waals surface area contributed by atoms with Gasteiger partial charge in [-0.3, -0.25) is 0 Å². The number of hydrogen-bond donors (Lipinski definition) is 2. The molecule has 0 aliphatic carbocycles. The molecule has 8 nitrogen and oxygen atoms in total. The first kappa shape index (κ1) is 17.7. The summed E-state index contributed by atoms with van der Waals surface area (Å²) in [5.41, 5.74) is 1.19. The van der Waals surface area contributed by atoms with E-state index in [1.54, 1.807) is 6.07 Å². The van der Waals surface area contributed by atoms with Crippen molar-refractivity contribution in [1.29, 1.82) is 0 Å². The normalized spacial score (nSPS) is 19.0. The molecular weight excluding hydrogens is 346 g/mol. The van der Waals surface area contributed by atoms with E-state index in [0.717, 1.165) is 11.1 Å². The Morgan fingerprint density at radius 2 is 2.20 bits per heavy atom. The van der Waals surface area contributed by atoms with Crippen LogP contribution in [0.1, 0.15) is 5.76 Å². The second-order valence-corrected chi connectivity index (χ2v) is 8.01. The zero-order valence-corrected chi connectivity index (χ0v) is 14.9. The van der Waals surface area contributed by atoms with Gasteiger partial charge in [-0.2, -0.15) is 4.31 Å². The number of hydrogen-bond acceptors (Lipinski definition) is 5. The van der Waals surface area contributed by atoms with Crippen molar-refractivity contribution in [2.24, 2.45) is 0 Å². The number of carbonyl (C=O) groups excluding carboxylic acids is 1. The number of anilines is 1. The summed E-state index contributed by atoms with van der Waals surface area (Å²) < 4.78 is 35.7. The van der Waals surface area contributed by atoms with Crippen molar-refractivity contribution in [1.82, 2.24) is 9.62 Å². The van der Waals surface area contributed by atoms with Gasteiger partial charge >= 0.3 is 6.03 Å². The van der Waals surface area contributed by atoms with Crippen molar-refractivity contribution in [2.75, 3.05) is 37.8 Å². The molecule has 0 saturated carbocycles.